The monoisotopic (exact) mass is 419 g/mol. The number of fused-ring (bicyclic) bond motifs is 1. The number of aromatic nitrogens is 4. The summed E-state index contributed by atoms with van der Waals surface area (Å²) < 4.78 is 3.78. The molecule has 6 nitrogen and oxygen atoms in total. The van der Waals surface area contributed by atoms with Crippen molar-refractivity contribution >= 4 is 28.8 Å². The fraction of sp³-hybridized carbons (Fsp3) is 0.261. The van der Waals surface area contributed by atoms with Crippen LogP contribution >= 0.6 is 11.6 Å². The molecule has 4 aromatic rings. The average Bonchev–Trinajstić information content (AvgIpc) is 3.48. The second-order valence-electron chi connectivity index (χ2n) is 7.88. The van der Waals surface area contributed by atoms with Crippen LogP contribution in [0.3, 0.4) is 0 Å². The Morgan fingerprint density at radius 3 is 2.67 bits per heavy atom. The highest BCUT2D eigenvalue weighted by Crippen LogP contribution is 2.42. The van der Waals surface area contributed by atoms with Gasteiger partial charge < -0.3 is 9.72 Å². The van der Waals surface area contributed by atoms with Gasteiger partial charge in [-0.2, -0.15) is 5.10 Å². The number of halogens is 1. The minimum Gasteiger partial charge on any atom is -0.323 e. The van der Waals surface area contributed by atoms with Gasteiger partial charge in [0.25, 0.3) is 0 Å². The van der Waals surface area contributed by atoms with Crippen LogP contribution in [0.5, 0.6) is 0 Å². The Balaban J connectivity index is 1.33. The van der Waals surface area contributed by atoms with E-state index in [0.29, 0.717) is 17.3 Å². The summed E-state index contributed by atoms with van der Waals surface area (Å²) in [5, 5.41) is 8.17. The highest BCUT2D eigenvalue weighted by molar-refractivity contribution is 6.30. The zero-order valence-corrected chi connectivity index (χ0v) is 17.2. The minimum absolute atomic E-state index is 0.0228. The molecule has 1 aliphatic rings. The van der Waals surface area contributed by atoms with Crippen LogP contribution in [-0.2, 0) is 16.8 Å². The van der Waals surface area contributed by atoms with E-state index in [0.717, 1.165) is 42.6 Å². The molecule has 1 N–H and O–H groups in total. The van der Waals surface area contributed by atoms with E-state index in [1.807, 2.05) is 65.5 Å². The molecule has 3 aromatic heterocycles. The maximum Gasteiger partial charge on any atom is 0.235 e. The zero-order valence-electron chi connectivity index (χ0n) is 16.5. The Bertz CT molecular complexity index is 1150. The van der Waals surface area contributed by atoms with Gasteiger partial charge in [0, 0.05) is 23.6 Å². The Labute approximate surface area is 179 Å². The number of carbonyl (C=O) groups excluding carboxylic acids is 1. The van der Waals surface area contributed by atoms with Gasteiger partial charge in [0.1, 0.15) is 5.65 Å². The van der Waals surface area contributed by atoms with Crippen molar-refractivity contribution in [1.29, 1.82) is 0 Å². The van der Waals surface area contributed by atoms with E-state index in [2.05, 4.69) is 15.4 Å². The molecule has 1 amide bonds. The topological polar surface area (TPSA) is 64.2 Å². The van der Waals surface area contributed by atoms with Crippen LogP contribution in [0.4, 0.5) is 5.69 Å². The Hall–Kier alpha value is -3.12. The standard InChI is InChI=1S/C23H22ClN5O/c24-18-8-6-17(7-9-18)23(10-2-3-11-23)22(30)27-19-13-25-29(15-19)16-20-14-28-12-4-1-5-21(28)26-20/h1,4-9,12-15H,2-3,10-11,16H2,(H,27,30). The first-order chi connectivity index (χ1) is 14.6. The number of nitrogens with zero attached hydrogens (tertiary/aromatic N) is 4. The van der Waals surface area contributed by atoms with E-state index < -0.39 is 5.41 Å². The lowest BCUT2D eigenvalue weighted by molar-refractivity contribution is -0.121. The lowest BCUT2D eigenvalue weighted by Gasteiger charge is -2.28. The third kappa shape index (κ3) is 3.48. The molecule has 5 rings (SSSR count). The van der Waals surface area contributed by atoms with Gasteiger partial charge in [0.2, 0.25) is 5.91 Å². The lowest BCUT2D eigenvalue weighted by Crippen LogP contribution is -2.37. The van der Waals surface area contributed by atoms with Crippen molar-refractivity contribution in [3.8, 4) is 0 Å². The predicted molar refractivity (Wildman–Crippen MR) is 117 cm³/mol. The van der Waals surface area contributed by atoms with Gasteiger partial charge in [0.15, 0.2) is 0 Å². The molecule has 0 saturated heterocycles. The zero-order chi connectivity index (χ0) is 20.6. The molecular weight excluding hydrogens is 398 g/mol. The van der Waals surface area contributed by atoms with Gasteiger partial charge in [-0.3, -0.25) is 9.48 Å². The summed E-state index contributed by atoms with van der Waals surface area (Å²) in [7, 11) is 0. The molecule has 1 saturated carbocycles. The molecule has 0 atom stereocenters. The van der Waals surface area contributed by atoms with Crippen molar-refractivity contribution in [2.45, 2.75) is 37.6 Å². The maximum absolute atomic E-state index is 13.3. The molecule has 1 aliphatic carbocycles. The first-order valence-electron chi connectivity index (χ1n) is 10.1. The quantitative estimate of drug-likeness (QED) is 0.510. The van der Waals surface area contributed by atoms with Gasteiger partial charge in [-0.15, -0.1) is 0 Å². The van der Waals surface area contributed by atoms with Crippen LogP contribution < -0.4 is 5.32 Å². The maximum atomic E-state index is 13.3. The highest BCUT2D eigenvalue weighted by atomic mass is 35.5. The van der Waals surface area contributed by atoms with Crippen LogP contribution in [0.2, 0.25) is 5.02 Å². The number of anilines is 1. The van der Waals surface area contributed by atoms with Crippen molar-refractivity contribution in [2.24, 2.45) is 0 Å². The molecular formula is C23H22ClN5O. The first-order valence-corrected chi connectivity index (χ1v) is 10.5. The number of amides is 1. The molecule has 152 valence electrons. The average molecular weight is 420 g/mol. The smallest absolute Gasteiger partial charge is 0.235 e. The summed E-state index contributed by atoms with van der Waals surface area (Å²) in [6.45, 7) is 0.542. The van der Waals surface area contributed by atoms with E-state index in [4.69, 9.17) is 11.6 Å². The molecule has 0 bridgehead atoms. The number of nitrogens with one attached hydrogen (secondary N) is 1. The van der Waals surface area contributed by atoms with Crippen molar-refractivity contribution in [3.63, 3.8) is 0 Å². The second-order valence-corrected chi connectivity index (χ2v) is 8.31. The Kier molecular flexibility index (Phi) is 4.79. The van der Waals surface area contributed by atoms with Gasteiger partial charge in [-0.1, -0.05) is 42.6 Å². The lowest BCUT2D eigenvalue weighted by atomic mass is 9.78. The number of rotatable bonds is 5. The normalized spacial score (nSPS) is 15.5. The third-order valence-corrected chi connectivity index (χ3v) is 6.17. The minimum atomic E-state index is -0.506. The summed E-state index contributed by atoms with van der Waals surface area (Å²) in [5.41, 5.74) is 3.03. The van der Waals surface area contributed by atoms with Gasteiger partial charge in [0.05, 0.1) is 29.5 Å². The van der Waals surface area contributed by atoms with Crippen LogP contribution in [0.1, 0.15) is 36.9 Å². The SMILES string of the molecule is O=C(Nc1cnn(Cc2cn3ccccc3n2)c1)C1(c2ccc(Cl)cc2)CCCC1. The second kappa shape index (κ2) is 7.61. The summed E-state index contributed by atoms with van der Waals surface area (Å²) in [6, 6.07) is 13.6. The molecule has 0 aliphatic heterocycles. The Morgan fingerprint density at radius 1 is 1.10 bits per heavy atom. The summed E-state index contributed by atoms with van der Waals surface area (Å²) in [5.74, 6) is 0.0228. The number of pyridine rings is 1. The number of hydrogen-bond donors (Lipinski definition) is 1. The summed E-state index contributed by atoms with van der Waals surface area (Å²) >= 11 is 6.05. The first kappa shape index (κ1) is 18.9. The van der Waals surface area contributed by atoms with Crippen molar-refractivity contribution < 1.29 is 4.79 Å². The Morgan fingerprint density at radius 2 is 1.90 bits per heavy atom. The van der Waals surface area contributed by atoms with Gasteiger partial charge in [-0.25, -0.2) is 4.98 Å². The van der Waals surface area contributed by atoms with Crippen LogP contribution in [0.25, 0.3) is 5.65 Å². The molecule has 0 radical (unpaired) electrons. The van der Waals surface area contributed by atoms with Gasteiger partial charge in [-0.05, 0) is 42.7 Å². The van der Waals surface area contributed by atoms with Crippen molar-refractivity contribution in [1.82, 2.24) is 19.2 Å². The number of benzene rings is 1. The van der Waals surface area contributed by atoms with E-state index in [9.17, 15) is 4.79 Å². The molecule has 1 fully saturated rings. The van der Waals surface area contributed by atoms with E-state index in [1.165, 1.54) is 0 Å². The molecule has 3 heterocycles. The van der Waals surface area contributed by atoms with Gasteiger partial charge >= 0.3 is 0 Å². The van der Waals surface area contributed by atoms with E-state index in [1.54, 1.807) is 10.9 Å². The van der Waals surface area contributed by atoms with Crippen LogP contribution in [0.15, 0.2) is 67.3 Å². The third-order valence-electron chi connectivity index (χ3n) is 5.92. The molecule has 7 heteroatoms. The van der Waals surface area contributed by atoms with Crippen LogP contribution in [0, 0.1) is 0 Å². The predicted octanol–water partition coefficient (Wildman–Crippen LogP) is 4.68. The summed E-state index contributed by atoms with van der Waals surface area (Å²) in [6.07, 6.45) is 11.3. The number of imidazole rings is 1. The summed E-state index contributed by atoms with van der Waals surface area (Å²) in [4.78, 5) is 17.9. The fourth-order valence-corrected chi connectivity index (χ4v) is 4.51. The van der Waals surface area contributed by atoms with Crippen LogP contribution in [-0.4, -0.2) is 25.1 Å². The molecule has 0 unspecified atom stereocenters. The largest absolute Gasteiger partial charge is 0.323 e. The number of carbonyl (C=O) groups is 1. The van der Waals surface area contributed by atoms with Crippen molar-refractivity contribution in [2.75, 3.05) is 5.32 Å². The van der Waals surface area contributed by atoms with E-state index in [-0.39, 0.29) is 5.91 Å². The van der Waals surface area contributed by atoms with E-state index >= 15 is 0 Å². The molecule has 1 aromatic carbocycles. The van der Waals surface area contributed by atoms with Crippen molar-refractivity contribution in [3.05, 3.63) is 83.5 Å². The highest BCUT2D eigenvalue weighted by Gasteiger charge is 2.42. The molecule has 0 spiro atoms. The fourth-order valence-electron chi connectivity index (χ4n) is 4.39. The number of hydrogen-bond acceptors (Lipinski definition) is 3. The molecule has 30 heavy (non-hydrogen) atoms.